The standard InChI is InChI=1S/C24H38N6O2.HI/c1-3-25-24(27-17-21-8-9-22(26-16-21)32-18-20-6-7-20)30-14-12-28(13-15-30)19(2)23(31)29-10-4-5-11-29;/h8-9,16,19-20H,3-7,10-15,17-18H2,1-2H3,(H,25,27);1H. The number of carbonyl (C=O) groups is 1. The third kappa shape index (κ3) is 7.43. The van der Waals surface area contributed by atoms with Crippen molar-refractivity contribution in [1.29, 1.82) is 0 Å². The van der Waals surface area contributed by atoms with Crippen LogP contribution in [0.4, 0.5) is 0 Å². The summed E-state index contributed by atoms with van der Waals surface area (Å²) in [5, 5.41) is 3.42. The van der Waals surface area contributed by atoms with Crippen molar-refractivity contribution in [1.82, 2.24) is 25.0 Å². The number of aliphatic imine (C=N–C) groups is 1. The van der Waals surface area contributed by atoms with E-state index < -0.39 is 0 Å². The number of halogens is 1. The molecule has 33 heavy (non-hydrogen) atoms. The molecule has 0 bridgehead atoms. The molecule has 184 valence electrons. The predicted octanol–water partition coefficient (Wildman–Crippen LogP) is 2.58. The maximum Gasteiger partial charge on any atom is 0.239 e. The number of guanidine groups is 1. The van der Waals surface area contributed by atoms with E-state index in [1.54, 1.807) is 0 Å². The van der Waals surface area contributed by atoms with Gasteiger partial charge in [-0.1, -0.05) is 6.07 Å². The number of likely N-dealkylation sites (tertiary alicyclic amines) is 1. The zero-order chi connectivity index (χ0) is 22.3. The van der Waals surface area contributed by atoms with E-state index in [-0.39, 0.29) is 35.9 Å². The molecule has 2 saturated heterocycles. The average molecular weight is 571 g/mol. The molecule has 9 heteroatoms. The zero-order valence-electron chi connectivity index (χ0n) is 20.0. The molecule has 3 fully saturated rings. The quantitative estimate of drug-likeness (QED) is 0.295. The van der Waals surface area contributed by atoms with E-state index in [1.807, 2.05) is 23.2 Å². The first kappa shape index (κ1) is 26.0. The minimum Gasteiger partial charge on any atom is -0.477 e. The van der Waals surface area contributed by atoms with Gasteiger partial charge in [0, 0.05) is 58.1 Å². The summed E-state index contributed by atoms with van der Waals surface area (Å²) < 4.78 is 5.72. The maximum absolute atomic E-state index is 12.7. The van der Waals surface area contributed by atoms with Gasteiger partial charge >= 0.3 is 0 Å². The highest BCUT2D eigenvalue weighted by molar-refractivity contribution is 14.0. The third-order valence-corrected chi connectivity index (χ3v) is 6.64. The Balaban J connectivity index is 0.00000306. The van der Waals surface area contributed by atoms with Crippen molar-refractivity contribution >= 4 is 35.8 Å². The fraction of sp³-hybridized carbons (Fsp3) is 0.708. The summed E-state index contributed by atoms with van der Waals surface area (Å²) in [6, 6.07) is 3.95. The van der Waals surface area contributed by atoms with Gasteiger partial charge in [0.05, 0.1) is 19.2 Å². The van der Waals surface area contributed by atoms with Crippen LogP contribution in [0.2, 0.25) is 0 Å². The number of ether oxygens (including phenoxy) is 1. The van der Waals surface area contributed by atoms with Gasteiger partial charge in [0.25, 0.3) is 0 Å². The molecule has 1 amide bonds. The molecule has 1 aromatic heterocycles. The zero-order valence-corrected chi connectivity index (χ0v) is 22.4. The van der Waals surface area contributed by atoms with Gasteiger partial charge in [0.2, 0.25) is 11.8 Å². The molecular weight excluding hydrogens is 531 g/mol. The van der Waals surface area contributed by atoms with Crippen LogP contribution in [0.15, 0.2) is 23.3 Å². The van der Waals surface area contributed by atoms with E-state index in [0.717, 1.165) is 82.7 Å². The molecule has 8 nitrogen and oxygen atoms in total. The third-order valence-electron chi connectivity index (χ3n) is 6.64. The number of rotatable bonds is 8. The molecule has 0 radical (unpaired) electrons. The highest BCUT2D eigenvalue weighted by Gasteiger charge is 2.30. The Morgan fingerprint density at radius 1 is 1.15 bits per heavy atom. The largest absolute Gasteiger partial charge is 0.477 e. The van der Waals surface area contributed by atoms with Crippen LogP contribution in [0.5, 0.6) is 5.88 Å². The van der Waals surface area contributed by atoms with E-state index in [0.29, 0.717) is 12.4 Å². The number of carbonyl (C=O) groups excluding carboxylic acids is 1. The minimum absolute atomic E-state index is 0. The Labute approximate surface area is 215 Å². The normalized spacial score (nSPS) is 20.4. The average Bonchev–Trinajstić information content (AvgIpc) is 3.50. The lowest BCUT2D eigenvalue weighted by Crippen LogP contribution is -2.57. The monoisotopic (exact) mass is 570 g/mol. The van der Waals surface area contributed by atoms with Crippen LogP contribution in [-0.2, 0) is 11.3 Å². The molecule has 3 aliphatic rings. The van der Waals surface area contributed by atoms with Gasteiger partial charge in [-0.3, -0.25) is 9.69 Å². The Hall–Kier alpha value is -1.62. The molecular formula is C24H39IN6O2. The summed E-state index contributed by atoms with van der Waals surface area (Å²) in [5.74, 6) is 2.64. The fourth-order valence-corrected chi connectivity index (χ4v) is 4.35. The molecule has 4 rings (SSSR count). The molecule has 1 unspecified atom stereocenters. The molecule has 2 aliphatic heterocycles. The van der Waals surface area contributed by atoms with Crippen molar-refractivity contribution in [3.8, 4) is 5.88 Å². The van der Waals surface area contributed by atoms with E-state index >= 15 is 0 Å². The van der Waals surface area contributed by atoms with Crippen LogP contribution in [0.1, 0.15) is 45.1 Å². The van der Waals surface area contributed by atoms with Crippen LogP contribution in [0.3, 0.4) is 0 Å². The Bertz CT molecular complexity index is 772. The molecule has 1 aromatic rings. The van der Waals surface area contributed by atoms with Crippen molar-refractivity contribution < 1.29 is 9.53 Å². The first-order valence-electron chi connectivity index (χ1n) is 12.3. The first-order chi connectivity index (χ1) is 15.6. The van der Waals surface area contributed by atoms with Gasteiger partial charge in [-0.15, -0.1) is 24.0 Å². The van der Waals surface area contributed by atoms with Crippen molar-refractivity contribution in [2.45, 2.75) is 52.1 Å². The molecule has 1 atom stereocenters. The number of nitrogens with one attached hydrogen (secondary N) is 1. The minimum atomic E-state index is -0.0403. The SMILES string of the molecule is CCNC(=NCc1ccc(OCC2CC2)nc1)N1CCN(C(C)C(=O)N2CCCC2)CC1.I. The van der Waals surface area contributed by atoms with E-state index in [4.69, 9.17) is 9.73 Å². The van der Waals surface area contributed by atoms with Crippen LogP contribution < -0.4 is 10.1 Å². The molecule has 3 heterocycles. The van der Waals surface area contributed by atoms with Crippen LogP contribution >= 0.6 is 24.0 Å². The number of piperazine rings is 1. The number of aromatic nitrogens is 1. The first-order valence-corrected chi connectivity index (χ1v) is 12.3. The predicted molar refractivity (Wildman–Crippen MR) is 141 cm³/mol. The van der Waals surface area contributed by atoms with Crippen molar-refractivity contribution in [3.63, 3.8) is 0 Å². The lowest BCUT2D eigenvalue weighted by atomic mass is 10.2. The lowest BCUT2D eigenvalue weighted by Gasteiger charge is -2.39. The van der Waals surface area contributed by atoms with Crippen molar-refractivity contribution in [2.24, 2.45) is 10.9 Å². The number of nitrogens with zero attached hydrogens (tertiary/aromatic N) is 5. The van der Waals surface area contributed by atoms with E-state index in [2.05, 4.69) is 33.9 Å². The van der Waals surface area contributed by atoms with Crippen LogP contribution in [0, 0.1) is 5.92 Å². The summed E-state index contributed by atoms with van der Waals surface area (Å²) in [6.07, 6.45) is 6.70. The van der Waals surface area contributed by atoms with Gasteiger partial charge in [-0.2, -0.15) is 0 Å². The Morgan fingerprint density at radius 3 is 2.48 bits per heavy atom. The smallest absolute Gasteiger partial charge is 0.239 e. The molecule has 0 spiro atoms. The highest BCUT2D eigenvalue weighted by atomic mass is 127. The second-order valence-electron chi connectivity index (χ2n) is 9.16. The van der Waals surface area contributed by atoms with Gasteiger partial charge < -0.3 is 19.9 Å². The topological polar surface area (TPSA) is 73.3 Å². The van der Waals surface area contributed by atoms with Crippen LogP contribution in [-0.4, -0.2) is 90.0 Å². The van der Waals surface area contributed by atoms with Crippen molar-refractivity contribution in [3.05, 3.63) is 23.9 Å². The van der Waals surface area contributed by atoms with E-state index in [9.17, 15) is 4.79 Å². The maximum atomic E-state index is 12.7. The second-order valence-corrected chi connectivity index (χ2v) is 9.16. The molecule has 1 saturated carbocycles. The highest BCUT2D eigenvalue weighted by Crippen LogP contribution is 2.29. The number of hydrogen-bond donors (Lipinski definition) is 1. The molecule has 0 aromatic carbocycles. The lowest BCUT2D eigenvalue weighted by molar-refractivity contribution is -0.135. The summed E-state index contributed by atoms with van der Waals surface area (Å²) >= 11 is 0. The fourth-order valence-electron chi connectivity index (χ4n) is 4.35. The Kier molecular flexibility index (Phi) is 10.0. The van der Waals surface area contributed by atoms with Gasteiger partial charge in [-0.25, -0.2) is 9.98 Å². The number of hydrogen-bond acceptors (Lipinski definition) is 5. The van der Waals surface area contributed by atoms with Gasteiger partial charge in [-0.05, 0) is 51.0 Å². The van der Waals surface area contributed by atoms with Gasteiger partial charge in [0.15, 0.2) is 5.96 Å². The molecule has 1 N–H and O–H groups in total. The van der Waals surface area contributed by atoms with E-state index in [1.165, 1.54) is 12.8 Å². The second kappa shape index (κ2) is 12.7. The number of pyridine rings is 1. The number of amides is 1. The van der Waals surface area contributed by atoms with Crippen molar-refractivity contribution in [2.75, 3.05) is 52.4 Å². The summed E-state index contributed by atoms with van der Waals surface area (Å²) in [4.78, 5) is 28.7. The summed E-state index contributed by atoms with van der Waals surface area (Å²) in [7, 11) is 0. The Morgan fingerprint density at radius 2 is 1.88 bits per heavy atom. The van der Waals surface area contributed by atoms with Crippen LogP contribution in [0.25, 0.3) is 0 Å². The summed E-state index contributed by atoms with van der Waals surface area (Å²) in [5.41, 5.74) is 1.07. The van der Waals surface area contributed by atoms with Gasteiger partial charge in [0.1, 0.15) is 0 Å². The summed E-state index contributed by atoms with van der Waals surface area (Å²) in [6.45, 7) is 11.7. The molecule has 1 aliphatic carbocycles.